The lowest BCUT2D eigenvalue weighted by Gasteiger charge is -2.10. The van der Waals surface area contributed by atoms with Gasteiger partial charge in [0.15, 0.2) is 0 Å². The first-order valence-corrected chi connectivity index (χ1v) is 7.34. The van der Waals surface area contributed by atoms with Crippen molar-refractivity contribution in [3.63, 3.8) is 0 Å². The molecular formula is C13H20N2S. The number of aryl methyl sites for hydroxylation is 1. The van der Waals surface area contributed by atoms with Crippen LogP contribution in [-0.4, -0.2) is 11.0 Å². The summed E-state index contributed by atoms with van der Waals surface area (Å²) in [6, 6.07) is 0.769. The summed E-state index contributed by atoms with van der Waals surface area (Å²) < 4.78 is 0. The largest absolute Gasteiger partial charge is 0.309 e. The fourth-order valence-electron chi connectivity index (χ4n) is 2.49. The van der Waals surface area contributed by atoms with Crippen molar-refractivity contribution in [2.45, 2.75) is 64.0 Å². The summed E-state index contributed by atoms with van der Waals surface area (Å²) in [4.78, 5) is 6.16. The predicted octanol–water partition coefficient (Wildman–Crippen LogP) is 3.36. The van der Waals surface area contributed by atoms with Gasteiger partial charge in [0, 0.05) is 23.4 Å². The maximum Gasteiger partial charge on any atom is 0.0962 e. The van der Waals surface area contributed by atoms with Crippen LogP contribution in [0.15, 0.2) is 0 Å². The number of hydrogen-bond donors (Lipinski definition) is 1. The highest BCUT2D eigenvalue weighted by Crippen LogP contribution is 2.42. The van der Waals surface area contributed by atoms with Crippen molar-refractivity contribution in [3.05, 3.63) is 15.6 Å². The lowest BCUT2D eigenvalue weighted by atomic mass is 10.2. The van der Waals surface area contributed by atoms with Crippen LogP contribution in [0.3, 0.4) is 0 Å². The Morgan fingerprint density at radius 3 is 2.69 bits per heavy atom. The first kappa shape index (κ1) is 10.7. The van der Waals surface area contributed by atoms with Crippen molar-refractivity contribution in [1.82, 2.24) is 10.3 Å². The SMILES string of the molecule is Cc1nc(C2CC2)sc1CNC1CCCC1. The molecule has 2 saturated carbocycles. The van der Waals surface area contributed by atoms with Gasteiger partial charge in [-0.05, 0) is 32.6 Å². The maximum absolute atomic E-state index is 4.70. The highest BCUT2D eigenvalue weighted by Gasteiger charge is 2.27. The third-order valence-corrected chi connectivity index (χ3v) is 5.06. The smallest absolute Gasteiger partial charge is 0.0962 e. The van der Waals surface area contributed by atoms with Crippen LogP contribution in [0.25, 0.3) is 0 Å². The number of thiazole rings is 1. The zero-order valence-corrected chi connectivity index (χ0v) is 10.8. The van der Waals surface area contributed by atoms with Gasteiger partial charge in [-0.3, -0.25) is 0 Å². The predicted molar refractivity (Wildman–Crippen MR) is 67.9 cm³/mol. The molecule has 0 unspecified atom stereocenters. The minimum atomic E-state index is 0.769. The molecule has 1 N–H and O–H groups in total. The summed E-state index contributed by atoms with van der Waals surface area (Å²) in [5.74, 6) is 0.809. The van der Waals surface area contributed by atoms with Gasteiger partial charge in [0.05, 0.1) is 10.7 Å². The van der Waals surface area contributed by atoms with Crippen molar-refractivity contribution in [1.29, 1.82) is 0 Å². The molecule has 0 amide bonds. The van der Waals surface area contributed by atoms with Crippen molar-refractivity contribution in [2.24, 2.45) is 0 Å². The van der Waals surface area contributed by atoms with E-state index in [0.29, 0.717) is 0 Å². The molecule has 0 atom stereocenters. The molecule has 1 aromatic heterocycles. The molecule has 1 heterocycles. The summed E-state index contributed by atoms with van der Waals surface area (Å²) in [6.45, 7) is 3.20. The van der Waals surface area contributed by atoms with Crippen LogP contribution in [-0.2, 0) is 6.54 Å². The van der Waals surface area contributed by atoms with Gasteiger partial charge < -0.3 is 5.32 Å². The lowest BCUT2D eigenvalue weighted by Crippen LogP contribution is -2.25. The number of nitrogens with zero attached hydrogens (tertiary/aromatic N) is 1. The Labute approximate surface area is 101 Å². The molecule has 3 rings (SSSR count). The van der Waals surface area contributed by atoms with E-state index in [-0.39, 0.29) is 0 Å². The summed E-state index contributed by atoms with van der Waals surface area (Å²) in [7, 11) is 0. The maximum atomic E-state index is 4.70. The standard InChI is InChI=1S/C13H20N2S/c1-9-12(8-14-11-4-2-3-5-11)16-13(15-9)10-6-7-10/h10-11,14H,2-8H2,1H3. The molecule has 1 aromatic rings. The minimum Gasteiger partial charge on any atom is -0.309 e. The Morgan fingerprint density at radius 2 is 2.00 bits per heavy atom. The van der Waals surface area contributed by atoms with Gasteiger partial charge in [0.25, 0.3) is 0 Å². The van der Waals surface area contributed by atoms with Crippen LogP contribution in [0.4, 0.5) is 0 Å². The van der Waals surface area contributed by atoms with Crippen molar-refractivity contribution in [3.8, 4) is 0 Å². The quantitative estimate of drug-likeness (QED) is 0.867. The van der Waals surface area contributed by atoms with E-state index in [1.165, 1.54) is 54.1 Å². The molecule has 2 aliphatic carbocycles. The molecule has 2 nitrogen and oxygen atoms in total. The van der Waals surface area contributed by atoms with Crippen LogP contribution in [0.5, 0.6) is 0 Å². The van der Waals surface area contributed by atoms with E-state index in [0.717, 1.165) is 18.5 Å². The summed E-state index contributed by atoms with van der Waals surface area (Å²) in [6.07, 6.45) is 8.28. The molecule has 0 saturated heterocycles. The third-order valence-electron chi connectivity index (χ3n) is 3.74. The van der Waals surface area contributed by atoms with E-state index in [2.05, 4.69) is 12.2 Å². The second kappa shape index (κ2) is 4.46. The topological polar surface area (TPSA) is 24.9 Å². The minimum absolute atomic E-state index is 0.769. The Morgan fingerprint density at radius 1 is 1.25 bits per heavy atom. The van der Waals surface area contributed by atoms with E-state index in [1.807, 2.05) is 11.3 Å². The first-order chi connectivity index (χ1) is 7.83. The van der Waals surface area contributed by atoms with Gasteiger partial charge in [-0.2, -0.15) is 0 Å². The summed E-state index contributed by atoms with van der Waals surface area (Å²) in [5.41, 5.74) is 1.26. The molecule has 0 radical (unpaired) electrons. The fourth-order valence-corrected chi connectivity index (χ4v) is 3.67. The normalized spacial score (nSPS) is 21.8. The van der Waals surface area contributed by atoms with Gasteiger partial charge in [0.1, 0.15) is 0 Å². The van der Waals surface area contributed by atoms with Gasteiger partial charge in [-0.25, -0.2) is 4.98 Å². The fraction of sp³-hybridized carbons (Fsp3) is 0.769. The van der Waals surface area contributed by atoms with E-state index in [9.17, 15) is 0 Å². The molecule has 88 valence electrons. The monoisotopic (exact) mass is 236 g/mol. The van der Waals surface area contributed by atoms with Crippen molar-refractivity contribution >= 4 is 11.3 Å². The van der Waals surface area contributed by atoms with E-state index >= 15 is 0 Å². The molecule has 2 aliphatic rings. The van der Waals surface area contributed by atoms with Crippen LogP contribution in [0, 0.1) is 6.92 Å². The Balaban J connectivity index is 1.60. The van der Waals surface area contributed by atoms with Gasteiger partial charge >= 0.3 is 0 Å². The number of rotatable bonds is 4. The molecule has 0 bridgehead atoms. The molecule has 0 aliphatic heterocycles. The van der Waals surface area contributed by atoms with Gasteiger partial charge in [-0.1, -0.05) is 12.8 Å². The van der Waals surface area contributed by atoms with Crippen LogP contribution >= 0.6 is 11.3 Å². The first-order valence-electron chi connectivity index (χ1n) is 6.52. The third kappa shape index (κ3) is 2.30. The number of aromatic nitrogens is 1. The van der Waals surface area contributed by atoms with E-state index < -0.39 is 0 Å². The second-order valence-corrected chi connectivity index (χ2v) is 6.31. The highest BCUT2D eigenvalue weighted by atomic mass is 32.1. The molecular weight excluding hydrogens is 216 g/mol. The molecule has 0 aromatic carbocycles. The molecule has 0 spiro atoms. The Kier molecular flexibility index (Phi) is 2.99. The molecule has 2 fully saturated rings. The Bertz CT molecular complexity index is 362. The highest BCUT2D eigenvalue weighted by molar-refractivity contribution is 7.11. The van der Waals surface area contributed by atoms with Crippen LogP contribution in [0.1, 0.15) is 60.0 Å². The second-order valence-electron chi connectivity index (χ2n) is 5.20. The molecule has 16 heavy (non-hydrogen) atoms. The van der Waals surface area contributed by atoms with Gasteiger partial charge in [-0.15, -0.1) is 11.3 Å². The Hall–Kier alpha value is -0.410. The van der Waals surface area contributed by atoms with Gasteiger partial charge in [0.2, 0.25) is 0 Å². The van der Waals surface area contributed by atoms with Crippen LogP contribution in [0.2, 0.25) is 0 Å². The van der Waals surface area contributed by atoms with Crippen molar-refractivity contribution in [2.75, 3.05) is 0 Å². The zero-order chi connectivity index (χ0) is 11.0. The van der Waals surface area contributed by atoms with E-state index in [4.69, 9.17) is 4.98 Å². The number of nitrogens with one attached hydrogen (secondary N) is 1. The molecule has 3 heteroatoms. The van der Waals surface area contributed by atoms with Crippen molar-refractivity contribution < 1.29 is 0 Å². The number of hydrogen-bond acceptors (Lipinski definition) is 3. The summed E-state index contributed by atoms with van der Waals surface area (Å²) in [5, 5.41) is 5.07. The van der Waals surface area contributed by atoms with Crippen LogP contribution < -0.4 is 5.32 Å². The average molecular weight is 236 g/mol. The lowest BCUT2D eigenvalue weighted by molar-refractivity contribution is 0.526. The zero-order valence-electron chi connectivity index (χ0n) is 9.96. The summed E-state index contributed by atoms with van der Waals surface area (Å²) >= 11 is 1.94. The van der Waals surface area contributed by atoms with E-state index in [1.54, 1.807) is 0 Å². The average Bonchev–Trinajstić information content (AvgIpc) is 2.86.